The van der Waals surface area contributed by atoms with E-state index in [0.717, 1.165) is 0 Å². The molecule has 0 aromatic carbocycles. The van der Waals surface area contributed by atoms with Crippen LogP contribution in [-0.4, -0.2) is 0 Å². The molecule has 16 aliphatic carbocycles. The van der Waals surface area contributed by atoms with Crippen molar-refractivity contribution in [2.24, 2.45) is 142 Å². The molecule has 12 bridgehead atoms. The number of hydrogen-bond donors (Lipinski definition) is 0. The molecule has 0 amide bonds. The Hall–Kier alpha value is 0. The lowest BCUT2D eigenvalue weighted by Crippen LogP contribution is -2.35. The quantitative estimate of drug-likeness (QED) is 0.212. The molecule has 0 nitrogen and oxygen atoms in total. The average Bonchev–Trinajstić information content (AvgIpc) is 4.23. The van der Waals surface area contributed by atoms with Crippen LogP contribution in [-0.2, 0) is 0 Å². The Morgan fingerprint density at radius 3 is 0.543 bits per heavy atom. The topological polar surface area (TPSA) is 0 Å². The lowest BCUT2D eigenvalue weighted by atomic mass is 9.64. The molecule has 0 N–H and O–H groups in total. The Balaban J connectivity index is 0.000000157. The van der Waals surface area contributed by atoms with E-state index in [1.165, 1.54) is 168 Å². The summed E-state index contributed by atoms with van der Waals surface area (Å²) in [6.07, 6.45) is 46.8. The summed E-state index contributed by atoms with van der Waals surface area (Å²) in [5, 5.41) is 0. The lowest BCUT2D eigenvalue weighted by molar-refractivity contribution is 0.0716. The molecule has 16 saturated carbocycles. The van der Waals surface area contributed by atoms with Crippen LogP contribution in [0.1, 0.15) is 303 Å². The van der Waals surface area contributed by atoms with Crippen LogP contribution in [0.5, 0.6) is 0 Å². The van der Waals surface area contributed by atoms with E-state index in [-0.39, 0.29) is 0 Å². The van der Waals surface area contributed by atoms with Gasteiger partial charge in [0.1, 0.15) is 0 Å². The first-order valence-corrected chi connectivity index (χ1v) is 34.4. The van der Waals surface area contributed by atoms with Gasteiger partial charge in [-0.3, -0.25) is 0 Å². The Labute approximate surface area is 443 Å². The van der Waals surface area contributed by atoms with E-state index >= 15 is 0 Å². The summed E-state index contributed by atoms with van der Waals surface area (Å²) in [5.74, 6) is 29.2. The fourth-order valence-electron chi connectivity index (χ4n) is 22.6. The van der Waals surface area contributed by atoms with Crippen LogP contribution in [0.25, 0.3) is 0 Å². The summed E-state index contributed by atoms with van der Waals surface area (Å²) < 4.78 is 0. The highest BCUT2D eigenvalue weighted by atomic mass is 14.7. The second-order valence-corrected chi connectivity index (χ2v) is 26.6. The molecule has 16 aliphatic rings. The molecule has 0 aromatic heterocycles. The van der Waals surface area contributed by atoms with Gasteiger partial charge in [0.2, 0.25) is 0 Å². The van der Waals surface area contributed by atoms with Crippen molar-refractivity contribution < 1.29 is 0 Å². The zero-order valence-corrected chi connectivity index (χ0v) is 51.1. The van der Waals surface area contributed by atoms with E-state index in [9.17, 15) is 0 Å². The largest absolute Gasteiger partial charge is 0.0683 e. The van der Waals surface area contributed by atoms with E-state index in [0.29, 0.717) is 0 Å². The third kappa shape index (κ3) is 12.5. The first-order valence-electron chi connectivity index (χ1n) is 34.4. The highest BCUT2D eigenvalue weighted by molar-refractivity contribution is 5.16. The standard InChI is InChI=1S/2C15H22.2C10H16.4C3H8.4C2H6/c2*1-2-10-11(3-1)13-7-12(10)14-8-4-5-9(6-8)15(13)14;2*1-2-9-7-4-5-8(6-7)10(9)3-1;4*1-3-2;4*1-2/h2*8-15H,1-7H2;2*7-10H,1-6H2;4*3H2,1-2H3;4*1-2H3. The number of hydrogen-bond acceptors (Lipinski definition) is 0. The predicted molar refractivity (Wildman–Crippen MR) is 313 cm³/mol. The van der Waals surface area contributed by atoms with Gasteiger partial charge in [-0.25, -0.2) is 0 Å². The van der Waals surface area contributed by atoms with Gasteiger partial charge in [0.15, 0.2) is 0 Å². The Morgan fingerprint density at radius 2 is 0.343 bits per heavy atom. The van der Waals surface area contributed by atoms with Crippen LogP contribution in [0.2, 0.25) is 0 Å². The van der Waals surface area contributed by atoms with Gasteiger partial charge in [0.25, 0.3) is 0 Å². The van der Waals surface area contributed by atoms with Gasteiger partial charge in [0.05, 0.1) is 0 Å². The first kappa shape index (κ1) is 60.9. The van der Waals surface area contributed by atoms with Gasteiger partial charge in [0, 0.05) is 0 Å². The molecule has 0 aliphatic heterocycles. The summed E-state index contributed by atoms with van der Waals surface area (Å²) >= 11 is 0. The Morgan fingerprint density at radius 1 is 0.186 bits per heavy atom. The summed E-state index contributed by atoms with van der Waals surface area (Å²) in [4.78, 5) is 0. The number of fused-ring (bicyclic) bond motifs is 34. The molecular formula is C70H132. The molecule has 16 rings (SSSR count). The van der Waals surface area contributed by atoms with Crippen molar-refractivity contribution in [1.82, 2.24) is 0 Å². The van der Waals surface area contributed by atoms with E-state index in [1.54, 1.807) is 167 Å². The van der Waals surface area contributed by atoms with Crippen molar-refractivity contribution >= 4 is 0 Å². The van der Waals surface area contributed by atoms with Crippen LogP contribution in [0.4, 0.5) is 0 Å². The third-order valence-electron chi connectivity index (χ3n) is 23.3. The van der Waals surface area contributed by atoms with Gasteiger partial charge < -0.3 is 0 Å². The van der Waals surface area contributed by atoms with Crippen LogP contribution < -0.4 is 0 Å². The van der Waals surface area contributed by atoms with Crippen molar-refractivity contribution in [1.29, 1.82) is 0 Å². The molecule has 0 heteroatoms. The Kier molecular flexibility index (Phi) is 26.7. The van der Waals surface area contributed by atoms with Crippen molar-refractivity contribution in [2.45, 2.75) is 303 Å². The summed E-state index contributed by atoms with van der Waals surface area (Å²) in [6, 6.07) is 0. The van der Waals surface area contributed by atoms with Crippen molar-refractivity contribution in [2.75, 3.05) is 0 Å². The Bertz CT molecular complexity index is 1170. The number of rotatable bonds is 0. The zero-order valence-electron chi connectivity index (χ0n) is 51.1. The van der Waals surface area contributed by atoms with Crippen LogP contribution in [0.3, 0.4) is 0 Å². The SMILES string of the molecule is C1CC2C(C1)C1CC2C2C3CCC(C3)C12.C1CC2C(C1)C1CC2C2C3CCC(C3)C12.C1CC2C3CCC(C3)C2C1.C1CC2C3CCC(C3)C2C1.CC.CC.CC.CC.CCC.CCC.CCC.CCC. The summed E-state index contributed by atoms with van der Waals surface area (Å²) in [5.41, 5.74) is 0. The zero-order chi connectivity index (χ0) is 51.1. The molecule has 16 fully saturated rings. The molecule has 0 radical (unpaired) electrons. The van der Waals surface area contributed by atoms with E-state index in [1.807, 2.05) is 55.4 Å². The minimum absolute atomic E-state index is 1.19. The molecule has 70 heavy (non-hydrogen) atoms. The fraction of sp³-hybridized carbons (Fsp3) is 1.00. The van der Waals surface area contributed by atoms with Gasteiger partial charge in [-0.05, 0) is 283 Å². The summed E-state index contributed by atoms with van der Waals surface area (Å²) in [6.45, 7) is 33.0. The molecule has 24 atom stereocenters. The maximum absolute atomic E-state index is 2.12. The molecular weight excluding hydrogens is 841 g/mol. The smallest absolute Gasteiger partial charge is 0.0321 e. The molecule has 0 heterocycles. The fourth-order valence-corrected chi connectivity index (χ4v) is 22.6. The van der Waals surface area contributed by atoms with E-state index in [2.05, 4.69) is 55.4 Å². The highest BCUT2D eigenvalue weighted by Gasteiger charge is 2.67. The molecule has 412 valence electrons. The molecule has 24 unspecified atom stereocenters. The average molecular weight is 974 g/mol. The van der Waals surface area contributed by atoms with Crippen molar-refractivity contribution in [3.8, 4) is 0 Å². The maximum Gasteiger partial charge on any atom is -0.0321 e. The highest BCUT2D eigenvalue weighted by Crippen LogP contribution is 2.74. The summed E-state index contributed by atoms with van der Waals surface area (Å²) in [7, 11) is 0. The maximum atomic E-state index is 2.12. The molecule has 0 aromatic rings. The monoisotopic (exact) mass is 973 g/mol. The van der Waals surface area contributed by atoms with Crippen molar-refractivity contribution in [3.63, 3.8) is 0 Å². The van der Waals surface area contributed by atoms with Gasteiger partial charge in [-0.1, -0.05) is 162 Å². The second-order valence-electron chi connectivity index (χ2n) is 26.6. The van der Waals surface area contributed by atoms with Gasteiger partial charge in [-0.15, -0.1) is 0 Å². The van der Waals surface area contributed by atoms with Crippen molar-refractivity contribution in [3.05, 3.63) is 0 Å². The lowest BCUT2D eigenvalue weighted by Gasteiger charge is -2.40. The van der Waals surface area contributed by atoms with Crippen LogP contribution in [0, 0.1) is 142 Å². The van der Waals surface area contributed by atoms with E-state index in [4.69, 9.17) is 0 Å². The van der Waals surface area contributed by atoms with E-state index < -0.39 is 0 Å². The second kappa shape index (κ2) is 30.7. The van der Waals surface area contributed by atoms with Crippen LogP contribution >= 0.6 is 0 Å². The molecule has 0 spiro atoms. The third-order valence-corrected chi connectivity index (χ3v) is 23.3. The predicted octanol–water partition coefficient (Wildman–Crippen LogP) is 22.9. The normalized spacial score (nSPS) is 47.3. The minimum atomic E-state index is 1.19. The van der Waals surface area contributed by atoms with Gasteiger partial charge in [-0.2, -0.15) is 0 Å². The minimum Gasteiger partial charge on any atom is -0.0683 e. The van der Waals surface area contributed by atoms with Crippen LogP contribution in [0.15, 0.2) is 0 Å². The van der Waals surface area contributed by atoms with Gasteiger partial charge >= 0.3 is 0 Å². The first-order chi connectivity index (χ1) is 34.4. The molecule has 0 saturated heterocycles.